The molecule has 7 nitrogen and oxygen atoms in total. The smallest absolute Gasteiger partial charge is 0.253 e. The van der Waals surface area contributed by atoms with Gasteiger partial charge >= 0.3 is 0 Å². The number of morpholine rings is 1. The molecule has 1 aliphatic heterocycles. The number of amides is 2. The van der Waals surface area contributed by atoms with Crippen LogP contribution in [0, 0.1) is 0 Å². The van der Waals surface area contributed by atoms with Gasteiger partial charge in [-0.05, 0) is 47.5 Å². The van der Waals surface area contributed by atoms with Crippen LogP contribution in [-0.2, 0) is 17.9 Å². The fourth-order valence-electron chi connectivity index (χ4n) is 3.95. The van der Waals surface area contributed by atoms with Gasteiger partial charge in [-0.1, -0.05) is 36.4 Å². The molecule has 0 unspecified atom stereocenters. The standard InChI is InChI=1S/C27H29N3O4/c1-29(18-20-9-11-23(12-10-20)30-13-15-33-16-14-30)27(32)22-6-4-5-21(17-22)19-34-25-8-3-2-7-24(25)26(28)31/h2-12,17H,13-16,18-19H2,1H3,(H2,28,31). The first-order valence-electron chi connectivity index (χ1n) is 11.3. The number of nitrogens with zero attached hydrogens (tertiary/aromatic N) is 2. The molecule has 34 heavy (non-hydrogen) atoms. The number of hydrogen-bond acceptors (Lipinski definition) is 5. The lowest BCUT2D eigenvalue weighted by Crippen LogP contribution is -2.36. The molecule has 4 rings (SSSR count). The molecule has 0 saturated carbocycles. The Morgan fingerprint density at radius 1 is 0.971 bits per heavy atom. The van der Waals surface area contributed by atoms with Gasteiger partial charge in [0.1, 0.15) is 12.4 Å². The monoisotopic (exact) mass is 459 g/mol. The van der Waals surface area contributed by atoms with Crippen LogP contribution in [-0.4, -0.2) is 50.1 Å². The minimum Gasteiger partial charge on any atom is -0.488 e. The molecule has 1 heterocycles. The maximum absolute atomic E-state index is 13.0. The zero-order chi connectivity index (χ0) is 23.9. The fourth-order valence-corrected chi connectivity index (χ4v) is 3.95. The highest BCUT2D eigenvalue weighted by molar-refractivity contribution is 5.95. The summed E-state index contributed by atoms with van der Waals surface area (Å²) < 4.78 is 11.2. The van der Waals surface area contributed by atoms with Crippen LogP contribution in [0.4, 0.5) is 5.69 Å². The van der Waals surface area contributed by atoms with Crippen molar-refractivity contribution < 1.29 is 19.1 Å². The van der Waals surface area contributed by atoms with Crippen molar-refractivity contribution in [1.29, 1.82) is 0 Å². The second-order valence-electron chi connectivity index (χ2n) is 8.28. The minimum atomic E-state index is -0.542. The van der Waals surface area contributed by atoms with E-state index in [0.717, 1.165) is 37.4 Å². The SMILES string of the molecule is CN(Cc1ccc(N2CCOCC2)cc1)C(=O)c1cccc(COc2ccccc2C(N)=O)c1. The Labute approximate surface area is 199 Å². The number of carbonyl (C=O) groups is 2. The Balaban J connectivity index is 1.37. The maximum atomic E-state index is 13.0. The molecule has 0 spiro atoms. The molecule has 1 saturated heterocycles. The van der Waals surface area contributed by atoms with Crippen LogP contribution in [0.5, 0.6) is 5.75 Å². The number of nitrogens with two attached hydrogens (primary N) is 1. The van der Waals surface area contributed by atoms with E-state index in [1.54, 1.807) is 42.3 Å². The molecule has 0 radical (unpaired) electrons. The highest BCUT2D eigenvalue weighted by Crippen LogP contribution is 2.20. The molecular weight excluding hydrogens is 430 g/mol. The van der Waals surface area contributed by atoms with Gasteiger partial charge in [-0.25, -0.2) is 0 Å². The van der Waals surface area contributed by atoms with Gasteiger partial charge in [0.15, 0.2) is 0 Å². The molecule has 7 heteroatoms. The summed E-state index contributed by atoms with van der Waals surface area (Å²) in [6, 6.07) is 22.5. The predicted octanol–water partition coefficient (Wildman–Crippen LogP) is 3.47. The quantitative estimate of drug-likeness (QED) is 0.558. The summed E-state index contributed by atoms with van der Waals surface area (Å²) in [5.41, 5.74) is 9.39. The molecule has 1 aliphatic rings. The van der Waals surface area contributed by atoms with E-state index >= 15 is 0 Å². The Hall–Kier alpha value is -3.84. The van der Waals surface area contributed by atoms with Gasteiger partial charge in [0.25, 0.3) is 11.8 Å². The van der Waals surface area contributed by atoms with Crippen LogP contribution < -0.4 is 15.4 Å². The number of para-hydroxylation sites is 1. The lowest BCUT2D eigenvalue weighted by molar-refractivity contribution is 0.0784. The second-order valence-corrected chi connectivity index (χ2v) is 8.28. The number of carbonyl (C=O) groups excluding carboxylic acids is 2. The highest BCUT2D eigenvalue weighted by Gasteiger charge is 2.15. The summed E-state index contributed by atoms with van der Waals surface area (Å²) in [6.07, 6.45) is 0. The number of anilines is 1. The van der Waals surface area contributed by atoms with Crippen LogP contribution in [0.25, 0.3) is 0 Å². The Morgan fingerprint density at radius 3 is 2.44 bits per heavy atom. The van der Waals surface area contributed by atoms with Crippen LogP contribution >= 0.6 is 0 Å². The summed E-state index contributed by atoms with van der Waals surface area (Å²) in [6.45, 7) is 4.02. The van der Waals surface area contributed by atoms with Crippen molar-refractivity contribution in [2.24, 2.45) is 5.73 Å². The molecule has 2 amide bonds. The van der Waals surface area contributed by atoms with Crippen molar-refractivity contribution >= 4 is 17.5 Å². The van der Waals surface area contributed by atoms with Crippen LogP contribution in [0.2, 0.25) is 0 Å². The Kier molecular flexibility index (Phi) is 7.44. The van der Waals surface area contributed by atoms with E-state index in [4.69, 9.17) is 15.2 Å². The van der Waals surface area contributed by atoms with Crippen LogP contribution in [0.15, 0.2) is 72.8 Å². The summed E-state index contributed by atoms with van der Waals surface area (Å²) >= 11 is 0. The van der Waals surface area contributed by atoms with Crippen molar-refractivity contribution in [1.82, 2.24) is 4.90 Å². The molecular formula is C27H29N3O4. The molecule has 0 aromatic heterocycles. The van der Waals surface area contributed by atoms with Gasteiger partial charge in [-0.3, -0.25) is 9.59 Å². The predicted molar refractivity (Wildman–Crippen MR) is 131 cm³/mol. The van der Waals surface area contributed by atoms with Crippen molar-refractivity contribution in [3.05, 3.63) is 95.1 Å². The highest BCUT2D eigenvalue weighted by atomic mass is 16.5. The lowest BCUT2D eigenvalue weighted by atomic mass is 10.1. The van der Waals surface area contributed by atoms with Gasteiger partial charge in [-0.15, -0.1) is 0 Å². The number of rotatable bonds is 8. The summed E-state index contributed by atoms with van der Waals surface area (Å²) in [5, 5.41) is 0. The second kappa shape index (κ2) is 10.9. The topological polar surface area (TPSA) is 85.1 Å². The first-order chi connectivity index (χ1) is 16.5. The lowest BCUT2D eigenvalue weighted by Gasteiger charge is -2.29. The summed E-state index contributed by atoms with van der Waals surface area (Å²) in [7, 11) is 1.80. The van der Waals surface area contributed by atoms with E-state index in [0.29, 0.717) is 23.4 Å². The van der Waals surface area contributed by atoms with Crippen molar-refractivity contribution in [2.45, 2.75) is 13.2 Å². The van der Waals surface area contributed by atoms with Gasteiger partial charge < -0.3 is 25.0 Å². The van der Waals surface area contributed by atoms with Gasteiger partial charge in [0.05, 0.1) is 18.8 Å². The first-order valence-corrected chi connectivity index (χ1v) is 11.3. The third-order valence-corrected chi connectivity index (χ3v) is 5.80. The minimum absolute atomic E-state index is 0.0726. The van der Waals surface area contributed by atoms with Crippen molar-refractivity contribution in [3.8, 4) is 5.75 Å². The fraction of sp³-hybridized carbons (Fsp3) is 0.259. The van der Waals surface area contributed by atoms with Crippen molar-refractivity contribution in [2.75, 3.05) is 38.3 Å². The third kappa shape index (κ3) is 5.74. The molecule has 3 aromatic carbocycles. The Morgan fingerprint density at radius 2 is 1.71 bits per heavy atom. The van der Waals surface area contributed by atoms with Crippen LogP contribution in [0.1, 0.15) is 31.8 Å². The van der Waals surface area contributed by atoms with E-state index in [9.17, 15) is 9.59 Å². The van der Waals surface area contributed by atoms with E-state index < -0.39 is 5.91 Å². The molecule has 0 aliphatic carbocycles. The van der Waals surface area contributed by atoms with E-state index in [-0.39, 0.29) is 12.5 Å². The van der Waals surface area contributed by atoms with Gasteiger partial charge in [0, 0.05) is 37.9 Å². The largest absolute Gasteiger partial charge is 0.488 e. The third-order valence-electron chi connectivity index (χ3n) is 5.80. The average Bonchev–Trinajstić information content (AvgIpc) is 2.88. The molecule has 1 fully saturated rings. The number of benzene rings is 3. The zero-order valence-corrected chi connectivity index (χ0v) is 19.3. The number of hydrogen-bond donors (Lipinski definition) is 1. The molecule has 3 aromatic rings. The summed E-state index contributed by atoms with van der Waals surface area (Å²) in [4.78, 5) is 28.6. The molecule has 2 N–H and O–H groups in total. The van der Waals surface area contributed by atoms with Crippen molar-refractivity contribution in [3.63, 3.8) is 0 Å². The number of ether oxygens (including phenoxy) is 2. The molecule has 0 atom stereocenters. The van der Waals surface area contributed by atoms with Crippen LogP contribution in [0.3, 0.4) is 0 Å². The maximum Gasteiger partial charge on any atom is 0.253 e. The molecule has 0 bridgehead atoms. The Bertz CT molecular complexity index is 1140. The zero-order valence-electron chi connectivity index (χ0n) is 19.3. The van der Waals surface area contributed by atoms with E-state index in [2.05, 4.69) is 29.2 Å². The average molecular weight is 460 g/mol. The first kappa shape index (κ1) is 23.3. The molecule has 176 valence electrons. The summed E-state index contributed by atoms with van der Waals surface area (Å²) in [5.74, 6) is -0.194. The van der Waals surface area contributed by atoms with Gasteiger partial charge in [-0.2, -0.15) is 0 Å². The van der Waals surface area contributed by atoms with Gasteiger partial charge in [0.2, 0.25) is 0 Å². The van der Waals surface area contributed by atoms with E-state index in [1.165, 1.54) is 5.69 Å². The normalized spacial score (nSPS) is 13.4. The van der Waals surface area contributed by atoms with E-state index in [1.807, 2.05) is 18.2 Å². The number of primary amides is 1.